The zero-order valence-corrected chi connectivity index (χ0v) is 11.6. The molecule has 2 unspecified atom stereocenters. The maximum atomic E-state index is 12.1. The second-order valence-corrected chi connectivity index (χ2v) is 6.54. The van der Waals surface area contributed by atoms with E-state index in [1.165, 1.54) is 10.8 Å². The number of sulfonamides is 1. The Morgan fingerprint density at radius 2 is 2.17 bits per heavy atom. The molecule has 0 radical (unpaired) electrons. The monoisotopic (exact) mass is 293 g/mol. The summed E-state index contributed by atoms with van der Waals surface area (Å²) in [5, 5.41) is 9.75. The second kappa shape index (κ2) is 5.16. The Morgan fingerprint density at radius 1 is 1.50 bits per heavy atom. The lowest BCUT2D eigenvalue weighted by Gasteiger charge is -2.27. The number of aliphatic hydroxyl groups is 1. The third-order valence-corrected chi connectivity index (χ3v) is 4.82. The van der Waals surface area contributed by atoms with Gasteiger partial charge in [0, 0.05) is 19.3 Å². The normalized spacial score (nSPS) is 25.3. The smallest absolute Gasteiger partial charge is 0.259 e. The Balaban J connectivity index is 2.16. The van der Waals surface area contributed by atoms with Crippen molar-refractivity contribution in [2.45, 2.75) is 42.9 Å². The van der Waals surface area contributed by atoms with Gasteiger partial charge in [-0.3, -0.25) is 0 Å². The van der Waals surface area contributed by atoms with Crippen LogP contribution in [0.5, 0.6) is 0 Å². The number of imidazole rings is 1. The summed E-state index contributed by atoms with van der Waals surface area (Å²) in [4.78, 5) is 3.77. The molecular weight excluding hydrogens is 278 g/mol. The average molecular weight is 294 g/mol. The molecule has 1 heterocycles. The van der Waals surface area contributed by atoms with Crippen LogP contribution in [-0.4, -0.2) is 35.2 Å². The predicted molar refractivity (Wildman–Crippen MR) is 66.8 cm³/mol. The van der Waals surface area contributed by atoms with Crippen LogP contribution >= 0.6 is 11.6 Å². The SMILES string of the molecule is Cn1cc(S(=O)(=O)NC2CCCCC2O)nc1Cl. The first-order valence-electron chi connectivity index (χ1n) is 5.79. The fraction of sp³-hybridized carbons (Fsp3) is 0.700. The third kappa shape index (κ3) is 2.85. The van der Waals surface area contributed by atoms with E-state index in [4.69, 9.17) is 11.6 Å². The van der Waals surface area contributed by atoms with Crippen LogP contribution < -0.4 is 4.72 Å². The molecule has 2 atom stereocenters. The lowest BCUT2D eigenvalue weighted by Crippen LogP contribution is -2.45. The summed E-state index contributed by atoms with van der Waals surface area (Å²) in [6.45, 7) is 0. The zero-order valence-electron chi connectivity index (χ0n) is 10.0. The van der Waals surface area contributed by atoms with E-state index in [0.717, 1.165) is 12.8 Å². The molecule has 8 heteroatoms. The number of aromatic nitrogens is 2. The van der Waals surface area contributed by atoms with Crippen LogP contribution in [-0.2, 0) is 17.1 Å². The summed E-state index contributed by atoms with van der Waals surface area (Å²) >= 11 is 5.72. The third-order valence-electron chi connectivity index (χ3n) is 3.11. The van der Waals surface area contributed by atoms with E-state index in [1.54, 1.807) is 7.05 Å². The lowest BCUT2D eigenvalue weighted by atomic mass is 9.93. The summed E-state index contributed by atoms with van der Waals surface area (Å²) < 4.78 is 28.0. The quantitative estimate of drug-likeness (QED) is 0.857. The Bertz CT molecular complexity index is 509. The fourth-order valence-electron chi connectivity index (χ4n) is 2.06. The number of halogens is 1. The molecule has 0 amide bonds. The van der Waals surface area contributed by atoms with E-state index in [9.17, 15) is 13.5 Å². The van der Waals surface area contributed by atoms with Gasteiger partial charge in [-0.05, 0) is 24.4 Å². The minimum absolute atomic E-state index is 0.111. The second-order valence-electron chi connectivity index (χ2n) is 4.54. The first-order valence-corrected chi connectivity index (χ1v) is 7.65. The number of hydrogen-bond acceptors (Lipinski definition) is 4. The molecule has 1 fully saturated rings. The van der Waals surface area contributed by atoms with Crippen LogP contribution in [0.2, 0.25) is 5.28 Å². The molecule has 1 aliphatic carbocycles. The van der Waals surface area contributed by atoms with Gasteiger partial charge in [-0.1, -0.05) is 12.8 Å². The Kier molecular flexibility index (Phi) is 3.96. The molecule has 1 aromatic rings. The van der Waals surface area contributed by atoms with Gasteiger partial charge in [0.2, 0.25) is 5.28 Å². The van der Waals surface area contributed by atoms with Crippen LogP contribution in [0.4, 0.5) is 0 Å². The van der Waals surface area contributed by atoms with Crippen molar-refractivity contribution in [3.63, 3.8) is 0 Å². The van der Waals surface area contributed by atoms with E-state index in [2.05, 4.69) is 9.71 Å². The van der Waals surface area contributed by atoms with Crippen LogP contribution in [0, 0.1) is 0 Å². The summed E-state index contributed by atoms with van der Waals surface area (Å²) in [7, 11) is -2.11. The summed E-state index contributed by atoms with van der Waals surface area (Å²) in [5.41, 5.74) is 0. The van der Waals surface area contributed by atoms with Crippen LogP contribution in [0.3, 0.4) is 0 Å². The van der Waals surface area contributed by atoms with Crippen LogP contribution in [0.1, 0.15) is 25.7 Å². The minimum atomic E-state index is -3.72. The molecule has 1 aromatic heterocycles. The van der Waals surface area contributed by atoms with Crippen molar-refractivity contribution in [3.05, 3.63) is 11.5 Å². The molecule has 0 bridgehead atoms. The number of aliphatic hydroxyl groups excluding tert-OH is 1. The van der Waals surface area contributed by atoms with E-state index in [1.807, 2.05) is 0 Å². The van der Waals surface area contributed by atoms with Gasteiger partial charge in [0.25, 0.3) is 10.0 Å². The molecule has 2 rings (SSSR count). The zero-order chi connectivity index (χ0) is 13.3. The first-order chi connectivity index (χ1) is 8.40. The van der Waals surface area contributed by atoms with Gasteiger partial charge in [0.15, 0.2) is 5.03 Å². The molecule has 0 saturated heterocycles. The van der Waals surface area contributed by atoms with E-state index in [0.29, 0.717) is 12.8 Å². The van der Waals surface area contributed by atoms with Crippen LogP contribution in [0.15, 0.2) is 11.2 Å². The Hall–Kier alpha value is -0.630. The molecular formula is C10H16ClN3O3S. The summed E-state index contributed by atoms with van der Waals surface area (Å²) in [5.74, 6) is 0. The highest BCUT2D eigenvalue weighted by Gasteiger charge is 2.29. The van der Waals surface area contributed by atoms with Crippen molar-refractivity contribution >= 4 is 21.6 Å². The standard InChI is InChI=1S/C10H16ClN3O3S/c1-14-6-9(12-10(14)11)18(16,17)13-7-4-2-3-5-8(7)15/h6-8,13,15H,2-5H2,1H3. The minimum Gasteiger partial charge on any atom is -0.391 e. The van der Waals surface area contributed by atoms with Gasteiger partial charge in [-0.2, -0.15) is 0 Å². The van der Waals surface area contributed by atoms with E-state index in [-0.39, 0.29) is 10.3 Å². The van der Waals surface area contributed by atoms with Gasteiger partial charge in [0.1, 0.15) is 0 Å². The highest BCUT2D eigenvalue weighted by Crippen LogP contribution is 2.20. The Labute approximate surface area is 111 Å². The number of aryl methyl sites for hydroxylation is 1. The molecule has 2 N–H and O–H groups in total. The number of nitrogens with zero attached hydrogens (tertiary/aromatic N) is 2. The maximum absolute atomic E-state index is 12.1. The van der Waals surface area contributed by atoms with Crippen molar-refractivity contribution in [2.24, 2.45) is 7.05 Å². The van der Waals surface area contributed by atoms with Crippen LogP contribution in [0.25, 0.3) is 0 Å². The van der Waals surface area contributed by atoms with Crippen molar-refractivity contribution in [3.8, 4) is 0 Å². The molecule has 6 nitrogen and oxygen atoms in total. The highest BCUT2D eigenvalue weighted by atomic mass is 35.5. The lowest BCUT2D eigenvalue weighted by molar-refractivity contribution is 0.101. The number of hydrogen-bond donors (Lipinski definition) is 2. The highest BCUT2D eigenvalue weighted by molar-refractivity contribution is 7.89. The predicted octanol–water partition coefficient (Wildman–Crippen LogP) is 0.655. The van der Waals surface area contributed by atoms with E-state index >= 15 is 0 Å². The topological polar surface area (TPSA) is 84.2 Å². The van der Waals surface area contributed by atoms with Crippen molar-refractivity contribution in [2.75, 3.05) is 0 Å². The Morgan fingerprint density at radius 3 is 2.72 bits per heavy atom. The number of rotatable bonds is 3. The average Bonchev–Trinajstić information content (AvgIpc) is 2.63. The van der Waals surface area contributed by atoms with Gasteiger partial charge in [0.05, 0.1) is 6.10 Å². The first kappa shape index (κ1) is 13.8. The molecule has 0 aromatic carbocycles. The van der Waals surface area contributed by atoms with E-state index < -0.39 is 22.2 Å². The van der Waals surface area contributed by atoms with Gasteiger partial charge >= 0.3 is 0 Å². The summed E-state index contributed by atoms with van der Waals surface area (Å²) in [6, 6.07) is -0.440. The van der Waals surface area contributed by atoms with Gasteiger partial charge in [-0.15, -0.1) is 0 Å². The van der Waals surface area contributed by atoms with Crippen molar-refractivity contribution in [1.29, 1.82) is 0 Å². The van der Waals surface area contributed by atoms with Crippen molar-refractivity contribution < 1.29 is 13.5 Å². The fourth-order valence-corrected chi connectivity index (χ4v) is 3.54. The van der Waals surface area contributed by atoms with Gasteiger partial charge in [-0.25, -0.2) is 18.1 Å². The molecule has 0 spiro atoms. The molecule has 1 saturated carbocycles. The molecule has 102 valence electrons. The maximum Gasteiger partial charge on any atom is 0.259 e. The molecule has 18 heavy (non-hydrogen) atoms. The molecule has 0 aliphatic heterocycles. The largest absolute Gasteiger partial charge is 0.391 e. The van der Waals surface area contributed by atoms with Gasteiger partial charge < -0.3 is 9.67 Å². The number of nitrogens with one attached hydrogen (secondary N) is 1. The van der Waals surface area contributed by atoms with Crippen molar-refractivity contribution in [1.82, 2.24) is 14.3 Å². The summed E-state index contributed by atoms with van der Waals surface area (Å²) in [6.07, 6.45) is 3.81. The molecule has 1 aliphatic rings.